The largest absolute Gasteiger partial charge is 0.481 e. The summed E-state index contributed by atoms with van der Waals surface area (Å²) < 4.78 is 0.996. The lowest BCUT2D eigenvalue weighted by Gasteiger charge is -2.16. The average molecular weight is 278 g/mol. The molecule has 0 aliphatic rings. The molecular weight excluding hydrogens is 266 g/mol. The molecule has 2 unspecified atom stereocenters. The van der Waals surface area contributed by atoms with Crippen LogP contribution in [0.4, 0.5) is 0 Å². The number of thiophene rings is 1. The van der Waals surface area contributed by atoms with Gasteiger partial charge in [0.25, 0.3) is 0 Å². The number of halogens is 1. The van der Waals surface area contributed by atoms with Gasteiger partial charge in [-0.1, -0.05) is 6.92 Å². The first-order chi connectivity index (χ1) is 6.50. The van der Waals surface area contributed by atoms with Crippen molar-refractivity contribution in [1.29, 1.82) is 0 Å². The van der Waals surface area contributed by atoms with Crippen LogP contribution in [0.25, 0.3) is 0 Å². The lowest BCUT2D eigenvalue weighted by atomic mass is 9.98. The van der Waals surface area contributed by atoms with E-state index >= 15 is 0 Å². The Morgan fingerprint density at radius 1 is 1.79 bits per heavy atom. The monoisotopic (exact) mass is 277 g/mol. The van der Waals surface area contributed by atoms with E-state index in [9.17, 15) is 4.79 Å². The van der Waals surface area contributed by atoms with Gasteiger partial charge in [0.2, 0.25) is 0 Å². The van der Waals surface area contributed by atoms with Crippen molar-refractivity contribution in [2.45, 2.75) is 19.4 Å². The van der Waals surface area contributed by atoms with Crippen LogP contribution in [0.15, 0.2) is 15.9 Å². The van der Waals surface area contributed by atoms with Gasteiger partial charge in [-0.05, 0) is 27.9 Å². The van der Waals surface area contributed by atoms with Crippen molar-refractivity contribution < 1.29 is 9.90 Å². The molecule has 14 heavy (non-hydrogen) atoms. The Labute approximate surface area is 95.1 Å². The Morgan fingerprint density at radius 3 is 2.86 bits per heavy atom. The molecule has 0 amide bonds. The second-order valence-corrected chi connectivity index (χ2v) is 5.13. The standard InChI is InChI=1S/C9H12BrNO2S/c1-5(2-8(12)13)9(11)7-3-6(10)4-14-7/h3-5,9H,2,11H2,1H3,(H,12,13). The Bertz CT molecular complexity index is 326. The van der Waals surface area contributed by atoms with Crippen LogP contribution in [0.1, 0.15) is 24.3 Å². The van der Waals surface area contributed by atoms with Crippen molar-refractivity contribution >= 4 is 33.2 Å². The molecule has 0 aromatic carbocycles. The normalized spacial score (nSPS) is 15.1. The number of hydrogen-bond donors (Lipinski definition) is 2. The van der Waals surface area contributed by atoms with E-state index in [1.807, 2.05) is 18.4 Å². The minimum absolute atomic E-state index is 0.0435. The number of aliphatic carboxylic acids is 1. The maximum absolute atomic E-state index is 10.5. The first-order valence-corrected chi connectivity index (χ1v) is 5.89. The molecule has 1 aromatic rings. The van der Waals surface area contributed by atoms with E-state index in [1.54, 1.807) is 11.3 Å². The number of carboxylic acid groups (broad SMARTS) is 1. The summed E-state index contributed by atoms with van der Waals surface area (Å²) in [5.74, 6) is -0.846. The molecule has 0 saturated carbocycles. The predicted molar refractivity (Wildman–Crippen MR) is 60.4 cm³/mol. The van der Waals surface area contributed by atoms with Crippen LogP contribution in [0.2, 0.25) is 0 Å². The van der Waals surface area contributed by atoms with E-state index in [2.05, 4.69) is 15.9 Å². The summed E-state index contributed by atoms with van der Waals surface area (Å²) in [6.45, 7) is 1.85. The third-order valence-electron chi connectivity index (χ3n) is 2.03. The van der Waals surface area contributed by atoms with Crippen LogP contribution in [-0.4, -0.2) is 11.1 Å². The van der Waals surface area contributed by atoms with Gasteiger partial charge in [-0.2, -0.15) is 0 Å². The van der Waals surface area contributed by atoms with Crippen LogP contribution in [0, 0.1) is 5.92 Å². The smallest absolute Gasteiger partial charge is 0.303 e. The van der Waals surface area contributed by atoms with Crippen molar-refractivity contribution in [3.8, 4) is 0 Å². The average Bonchev–Trinajstić information content (AvgIpc) is 2.49. The summed E-state index contributed by atoms with van der Waals surface area (Å²) in [7, 11) is 0. The van der Waals surface area contributed by atoms with Crippen molar-refractivity contribution in [3.05, 3.63) is 20.8 Å². The predicted octanol–water partition coefficient (Wildman–Crippen LogP) is 2.62. The van der Waals surface area contributed by atoms with E-state index in [4.69, 9.17) is 10.8 Å². The number of hydrogen-bond acceptors (Lipinski definition) is 3. The highest BCUT2D eigenvalue weighted by Crippen LogP contribution is 2.29. The topological polar surface area (TPSA) is 63.3 Å². The fraction of sp³-hybridized carbons (Fsp3) is 0.444. The Kier molecular flexibility index (Phi) is 4.10. The number of nitrogens with two attached hydrogens (primary N) is 1. The molecule has 2 atom stereocenters. The van der Waals surface area contributed by atoms with Crippen molar-refractivity contribution in [1.82, 2.24) is 0 Å². The highest BCUT2D eigenvalue weighted by molar-refractivity contribution is 9.10. The zero-order valence-electron chi connectivity index (χ0n) is 7.74. The Hall–Kier alpha value is -0.390. The number of carboxylic acids is 1. The van der Waals surface area contributed by atoms with Crippen LogP contribution < -0.4 is 5.73 Å². The van der Waals surface area contributed by atoms with Crippen molar-refractivity contribution in [3.63, 3.8) is 0 Å². The maximum Gasteiger partial charge on any atom is 0.303 e. The summed E-state index contributed by atoms with van der Waals surface area (Å²) in [5.41, 5.74) is 5.93. The fourth-order valence-corrected chi connectivity index (χ4v) is 2.77. The number of rotatable bonds is 4. The summed E-state index contributed by atoms with van der Waals surface area (Å²) in [5, 5.41) is 10.6. The van der Waals surface area contributed by atoms with Crippen LogP contribution in [-0.2, 0) is 4.79 Å². The van der Waals surface area contributed by atoms with E-state index < -0.39 is 5.97 Å². The molecule has 3 N–H and O–H groups in total. The summed E-state index contributed by atoms with van der Waals surface area (Å²) >= 11 is 4.89. The van der Waals surface area contributed by atoms with Crippen LogP contribution >= 0.6 is 27.3 Å². The summed E-state index contributed by atoms with van der Waals surface area (Å²) in [6, 6.07) is 1.75. The van der Waals surface area contributed by atoms with Gasteiger partial charge in [0, 0.05) is 27.2 Å². The molecule has 0 bridgehead atoms. The molecular formula is C9H12BrNO2S. The number of carbonyl (C=O) groups is 1. The molecule has 0 aliphatic heterocycles. The zero-order chi connectivity index (χ0) is 10.7. The van der Waals surface area contributed by atoms with Gasteiger partial charge < -0.3 is 10.8 Å². The molecule has 0 fully saturated rings. The Balaban J connectivity index is 2.65. The fourth-order valence-electron chi connectivity index (χ4n) is 1.19. The van der Waals surface area contributed by atoms with Crippen LogP contribution in [0.3, 0.4) is 0 Å². The molecule has 1 aromatic heterocycles. The molecule has 0 radical (unpaired) electrons. The minimum Gasteiger partial charge on any atom is -0.481 e. The third-order valence-corrected chi connectivity index (χ3v) is 3.82. The second kappa shape index (κ2) is 4.91. The SMILES string of the molecule is CC(CC(=O)O)C(N)c1cc(Br)cs1. The minimum atomic E-state index is -0.802. The molecule has 0 saturated heterocycles. The zero-order valence-corrected chi connectivity index (χ0v) is 10.1. The third kappa shape index (κ3) is 3.08. The molecule has 0 aliphatic carbocycles. The highest BCUT2D eigenvalue weighted by Gasteiger charge is 2.18. The molecule has 1 rings (SSSR count). The van der Waals surface area contributed by atoms with E-state index in [0.717, 1.165) is 9.35 Å². The van der Waals surface area contributed by atoms with Gasteiger partial charge in [-0.25, -0.2) is 0 Å². The van der Waals surface area contributed by atoms with Gasteiger partial charge in [-0.3, -0.25) is 4.79 Å². The Morgan fingerprint density at radius 2 is 2.43 bits per heavy atom. The molecule has 3 nitrogen and oxygen atoms in total. The van der Waals surface area contributed by atoms with Gasteiger partial charge in [0.15, 0.2) is 0 Å². The lowest BCUT2D eigenvalue weighted by molar-refractivity contribution is -0.138. The molecule has 78 valence electrons. The van der Waals surface area contributed by atoms with Gasteiger partial charge in [-0.15, -0.1) is 11.3 Å². The van der Waals surface area contributed by atoms with E-state index in [-0.39, 0.29) is 18.4 Å². The van der Waals surface area contributed by atoms with Crippen molar-refractivity contribution in [2.75, 3.05) is 0 Å². The van der Waals surface area contributed by atoms with Crippen molar-refractivity contribution in [2.24, 2.45) is 11.7 Å². The second-order valence-electron chi connectivity index (χ2n) is 3.27. The van der Waals surface area contributed by atoms with E-state index in [1.165, 1.54) is 0 Å². The van der Waals surface area contributed by atoms with Crippen LogP contribution in [0.5, 0.6) is 0 Å². The summed E-state index contributed by atoms with van der Waals surface area (Å²) in [6.07, 6.45) is 0.108. The molecule has 5 heteroatoms. The van der Waals surface area contributed by atoms with Gasteiger partial charge >= 0.3 is 5.97 Å². The van der Waals surface area contributed by atoms with E-state index in [0.29, 0.717) is 0 Å². The quantitative estimate of drug-likeness (QED) is 0.889. The van der Waals surface area contributed by atoms with Gasteiger partial charge in [0.05, 0.1) is 0 Å². The summed E-state index contributed by atoms with van der Waals surface area (Å²) in [4.78, 5) is 11.5. The maximum atomic E-state index is 10.5. The first-order valence-electron chi connectivity index (χ1n) is 4.22. The molecule has 1 heterocycles. The first kappa shape index (κ1) is 11.7. The highest BCUT2D eigenvalue weighted by atomic mass is 79.9. The molecule has 0 spiro atoms. The lowest BCUT2D eigenvalue weighted by Crippen LogP contribution is -2.20. The van der Waals surface area contributed by atoms with Gasteiger partial charge in [0.1, 0.15) is 0 Å².